The van der Waals surface area contributed by atoms with Gasteiger partial charge in [0.2, 0.25) is 5.91 Å². The van der Waals surface area contributed by atoms with E-state index < -0.39 is 0 Å². The second-order valence-electron chi connectivity index (χ2n) is 4.47. The van der Waals surface area contributed by atoms with Crippen molar-refractivity contribution in [1.29, 1.82) is 0 Å². The van der Waals surface area contributed by atoms with Crippen LogP contribution in [-0.4, -0.2) is 47.4 Å². The molecule has 0 saturated carbocycles. The fourth-order valence-corrected chi connectivity index (χ4v) is 2.69. The number of likely N-dealkylation sites (N-methyl/N-ethyl adjacent to an activating group) is 1. The first kappa shape index (κ1) is 14.4. The monoisotopic (exact) mass is 257 g/mol. The summed E-state index contributed by atoms with van der Waals surface area (Å²) < 4.78 is 0. The molecule has 0 saturated heterocycles. The molecule has 1 aliphatic rings. The van der Waals surface area contributed by atoms with E-state index in [0.29, 0.717) is 17.7 Å². The van der Waals surface area contributed by atoms with E-state index in [-0.39, 0.29) is 5.91 Å². The van der Waals surface area contributed by atoms with Crippen molar-refractivity contribution in [2.75, 3.05) is 26.2 Å². The van der Waals surface area contributed by atoms with Crippen molar-refractivity contribution < 1.29 is 4.79 Å². The smallest absolute Gasteiger partial charge is 0.241 e. The number of amidine groups is 1. The summed E-state index contributed by atoms with van der Waals surface area (Å²) in [5, 5.41) is 4.61. The molecule has 0 radical (unpaired) electrons. The predicted octanol–water partition coefficient (Wildman–Crippen LogP) is 1.57. The predicted molar refractivity (Wildman–Crippen MR) is 74.4 cm³/mol. The molecule has 0 bridgehead atoms. The van der Waals surface area contributed by atoms with Crippen molar-refractivity contribution in [2.45, 2.75) is 32.9 Å². The molecule has 17 heavy (non-hydrogen) atoms. The van der Waals surface area contributed by atoms with Gasteiger partial charge in [0.05, 0.1) is 13.1 Å². The molecule has 1 N–H and O–H groups in total. The fourth-order valence-electron chi connectivity index (χ4n) is 1.67. The molecule has 1 aliphatic heterocycles. The van der Waals surface area contributed by atoms with Gasteiger partial charge >= 0.3 is 0 Å². The van der Waals surface area contributed by atoms with Gasteiger partial charge in [-0.15, -0.1) is 0 Å². The highest BCUT2D eigenvalue weighted by atomic mass is 32.2. The SMILES string of the molecule is CCN(CC)C(=O)CNC1=NCC(C(C)C)S1. The van der Waals surface area contributed by atoms with Crippen molar-refractivity contribution in [3.8, 4) is 0 Å². The lowest BCUT2D eigenvalue weighted by molar-refractivity contribution is -0.129. The van der Waals surface area contributed by atoms with Crippen molar-refractivity contribution in [3.63, 3.8) is 0 Å². The standard InChI is InChI=1S/C12H23N3OS/c1-5-15(6-2)11(16)8-14-12-13-7-10(17-12)9(3)4/h9-10H,5-8H2,1-4H3,(H,13,14). The Morgan fingerprint density at radius 3 is 2.65 bits per heavy atom. The van der Waals surface area contributed by atoms with Crippen molar-refractivity contribution >= 4 is 22.8 Å². The van der Waals surface area contributed by atoms with Gasteiger partial charge in [0.1, 0.15) is 0 Å². The van der Waals surface area contributed by atoms with Crippen LogP contribution in [0.1, 0.15) is 27.7 Å². The van der Waals surface area contributed by atoms with E-state index in [4.69, 9.17) is 0 Å². The molecule has 98 valence electrons. The normalized spacial score (nSPS) is 19.4. The second kappa shape index (κ2) is 6.89. The molecule has 0 fully saturated rings. The maximum absolute atomic E-state index is 11.8. The van der Waals surface area contributed by atoms with E-state index in [1.165, 1.54) is 0 Å². The topological polar surface area (TPSA) is 44.7 Å². The number of carbonyl (C=O) groups is 1. The lowest BCUT2D eigenvalue weighted by Crippen LogP contribution is -2.39. The Morgan fingerprint density at radius 1 is 1.53 bits per heavy atom. The molecule has 1 amide bonds. The first-order valence-corrected chi connectivity index (χ1v) is 7.19. The van der Waals surface area contributed by atoms with E-state index in [1.807, 2.05) is 18.7 Å². The third-order valence-corrected chi connectivity index (χ3v) is 4.42. The molecule has 1 heterocycles. The average molecular weight is 257 g/mol. The molecule has 1 unspecified atom stereocenters. The van der Waals surface area contributed by atoms with Gasteiger partial charge in [-0.2, -0.15) is 0 Å². The molecule has 0 aromatic rings. The summed E-state index contributed by atoms with van der Waals surface area (Å²) in [5.74, 6) is 0.771. The first-order valence-electron chi connectivity index (χ1n) is 6.31. The van der Waals surface area contributed by atoms with Crippen LogP contribution < -0.4 is 5.32 Å². The molecule has 0 aromatic carbocycles. The van der Waals surface area contributed by atoms with Gasteiger partial charge < -0.3 is 10.2 Å². The number of rotatable bonds is 5. The van der Waals surface area contributed by atoms with Crippen LogP contribution >= 0.6 is 11.8 Å². The zero-order valence-electron chi connectivity index (χ0n) is 11.2. The van der Waals surface area contributed by atoms with E-state index in [2.05, 4.69) is 24.2 Å². The zero-order chi connectivity index (χ0) is 12.8. The van der Waals surface area contributed by atoms with Crippen LogP contribution in [0.3, 0.4) is 0 Å². The molecule has 0 spiro atoms. The summed E-state index contributed by atoms with van der Waals surface area (Å²) >= 11 is 1.76. The van der Waals surface area contributed by atoms with Crippen molar-refractivity contribution in [2.24, 2.45) is 10.9 Å². The molecule has 1 atom stereocenters. The minimum Gasteiger partial charge on any atom is -0.356 e. The van der Waals surface area contributed by atoms with Gasteiger partial charge in [-0.05, 0) is 19.8 Å². The third kappa shape index (κ3) is 4.22. The Labute approximate surface area is 108 Å². The van der Waals surface area contributed by atoms with Gasteiger partial charge in [-0.25, -0.2) is 0 Å². The minimum absolute atomic E-state index is 0.145. The van der Waals surface area contributed by atoms with Crippen LogP contribution in [0.25, 0.3) is 0 Å². The van der Waals surface area contributed by atoms with Crippen LogP contribution in [0.2, 0.25) is 0 Å². The summed E-state index contributed by atoms with van der Waals surface area (Å²) in [6.45, 7) is 11.2. The number of amides is 1. The quantitative estimate of drug-likeness (QED) is 0.813. The van der Waals surface area contributed by atoms with Crippen molar-refractivity contribution in [3.05, 3.63) is 0 Å². The molecule has 1 rings (SSSR count). The number of hydrogen-bond acceptors (Lipinski definition) is 4. The van der Waals surface area contributed by atoms with Crippen LogP contribution in [0.4, 0.5) is 0 Å². The largest absolute Gasteiger partial charge is 0.356 e. The maximum atomic E-state index is 11.8. The summed E-state index contributed by atoms with van der Waals surface area (Å²) in [4.78, 5) is 18.0. The Kier molecular flexibility index (Phi) is 5.82. The van der Waals surface area contributed by atoms with Crippen LogP contribution in [0, 0.1) is 5.92 Å². The summed E-state index contributed by atoms with van der Waals surface area (Å²) in [5.41, 5.74) is 0. The second-order valence-corrected chi connectivity index (χ2v) is 5.69. The van der Waals surface area contributed by atoms with E-state index in [1.54, 1.807) is 11.8 Å². The van der Waals surface area contributed by atoms with Gasteiger partial charge in [0.25, 0.3) is 0 Å². The molecular weight excluding hydrogens is 234 g/mol. The van der Waals surface area contributed by atoms with Gasteiger partial charge in [0, 0.05) is 18.3 Å². The van der Waals surface area contributed by atoms with Gasteiger partial charge in [-0.3, -0.25) is 9.79 Å². The average Bonchev–Trinajstić information content (AvgIpc) is 2.76. The number of thioether (sulfide) groups is 1. The van der Waals surface area contributed by atoms with E-state index in [0.717, 1.165) is 24.8 Å². The van der Waals surface area contributed by atoms with E-state index >= 15 is 0 Å². The third-order valence-electron chi connectivity index (χ3n) is 2.93. The first-order chi connectivity index (χ1) is 8.08. The Balaban J connectivity index is 2.30. The highest BCUT2D eigenvalue weighted by Gasteiger charge is 2.22. The molecule has 4 nitrogen and oxygen atoms in total. The van der Waals surface area contributed by atoms with Crippen molar-refractivity contribution in [1.82, 2.24) is 10.2 Å². The highest BCUT2D eigenvalue weighted by molar-refractivity contribution is 8.14. The number of carbonyl (C=O) groups excluding carboxylic acids is 1. The summed E-state index contributed by atoms with van der Waals surface area (Å²) in [6.07, 6.45) is 0. The lowest BCUT2D eigenvalue weighted by atomic mass is 10.1. The lowest BCUT2D eigenvalue weighted by Gasteiger charge is -2.19. The Bertz CT molecular complexity index is 287. The van der Waals surface area contributed by atoms with Gasteiger partial charge in [0.15, 0.2) is 5.17 Å². The number of nitrogens with zero attached hydrogens (tertiary/aromatic N) is 2. The Hall–Kier alpha value is -0.710. The van der Waals surface area contributed by atoms with Crippen LogP contribution in [-0.2, 0) is 4.79 Å². The molecule has 0 aromatic heterocycles. The highest BCUT2D eigenvalue weighted by Crippen LogP contribution is 2.25. The number of aliphatic imine (C=N–C) groups is 1. The fraction of sp³-hybridized carbons (Fsp3) is 0.833. The Morgan fingerprint density at radius 2 is 2.18 bits per heavy atom. The van der Waals surface area contributed by atoms with Gasteiger partial charge in [-0.1, -0.05) is 25.6 Å². The zero-order valence-corrected chi connectivity index (χ0v) is 12.0. The number of nitrogens with one attached hydrogen (secondary N) is 1. The minimum atomic E-state index is 0.145. The van der Waals surface area contributed by atoms with E-state index in [9.17, 15) is 4.79 Å². The van der Waals surface area contributed by atoms with Crippen LogP contribution in [0.15, 0.2) is 4.99 Å². The van der Waals surface area contributed by atoms with Crippen LogP contribution in [0.5, 0.6) is 0 Å². The molecular formula is C12H23N3OS. The summed E-state index contributed by atoms with van der Waals surface area (Å²) in [6, 6.07) is 0. The maximum Gasteiger partial charge on any atom is 0.241 e. The molecule has 5 heteroatoms. The number of hydrogen-bond donors (Lipinski definition) is 1. The summed E-state index contributed by atoms with van der Waals surface area (Å²) in [7, 11) is 0. The molecule has 0 aliphatic carbocycles.